The number of nitrogens with zero attached hydrogens (tertiary/aromatic N) is 1. The molecule has 2 N–H and O–H groups in total. The molecule has 132 valence electrons. The maximum absolute atomic E-state index is 12.9. The Hall–Kier alpha value is -2.66. The van der Waals surface area contributed by atoms with E-state index in [4.69, 9.17) is 5.21 Å². The Kier molecular flexibility index (Phi) is 5.59. The van der Waals surface area contributed by atoms with Gasteiger partial charge in [-0.3, -0.25) is 14.8 Å². The zero-order valence-corrected chi connectivity index (χ0v) is 15.0. The summed E-state index contributed by atoms with van der Waals surface area (Å²) in [6.07, 6.45) is 0. The fourth-order valence-corrected chi connectivity index (χ4v) is 2.57. The summed E-state index contributed by atoms with van der Waals surface area (Å²) in [6, 6.07) is 14.2. The second-order valence-electron chi connectivity index (χ2n) is 6.87. The minimum Gasteiger partial charge on any atom is -0.309 e. The average molecular weight is 340 g/mol. The third-order valence-electron chi connectivity index (χ3n) is 4.08. The van der Waals surface area contributed by atoms with E-state index in [9.17, 15) is 9.59 Å². The summed E-state index contributed by atoms with van der Waals surface area (Å²) in [7, 11) is 0. The van der Waals surface area contributed by atoms with Gasteiger partial charge >= 0.3 is 0 Å². The highest BCUT2D eigenvalue weighted by Crippen LogP contribution is 2.27. The maximum atomic E-state index is 12.9. The summed E-state index contributed by atoms with van der Waals surface area (Å²) < 4.78 is 0. The first-order chi connectivity index (χ1) is 11.8. The van der Waals surface area contributed by atoms with Crippen molar-refractivity contribution in [1.82, 2.24) is 5.48 Å². The SMILES string of the molecule is CCN(C(=O)c1ccc(C(=O)NO)cc1)c1cccc(C(C)(C)C)c1. The predicted molar refractivity (Wildman–Crippen MR) is 98.2 cm³/mol. The molecule has 0 aliphatic carbocycles. The van der Waals surface area contributed by atoms with Crippen LogP contribution < -0.4 is 10.4 Å². The highest BCUT2D eigenvalue weighted by atomic mass is 16.5. The van der Waals surface area contributed by atoms with Crippen molar-refractivity contribution >= 4 is 17.5 Å². The largest absolute Gasteiger partial charge is 0.309 e. The topological polar surface area (TPSA) is 69.6 Å². The van der Waals surface area contributed by atoms with Gasteiger partial charge in [0.1, 0.15) is 0 Å². The van der Waals surface area contributed by atoms with Gasteiger partial charge in [0.05, 0.1) is 0 Å². The number of anilines is 1. The third-order valence-corrected chi connectivity index (χ3v) is 4.08. The maximum Gasteiger partial charge on any atom is 0.274 e. The van der Waals surface area contributed by atoms with Gasteiger partial charge in [0.15, 0.2) is 0 Å². The molecule has 2 rings (SSSR count). The lowest BCUT2D eigenvalue weighted by molar-refractivity contribution is 0.0706. The Balaban J connectivity index is 2.31. The summed E-state index contributed by atoms with van der Waals surface area (Å²) in [5, 5.41) is 8.66. The predicted octanol–water partition coefficient (Wildman–Crippen LogP) is 3.77. The molecule has 0 heterocycles. The van der Waals surface area contributed by atoms with E-state index in [1.807, 2.05) is 25.1 Å². The molecule has 0 unspecified atom stereocenters. The number of hydrogen-bond acceptors (Lipinski definition) is 3. The van der Waals surface area contributed by atoms with E-state index in [0.29, 0.717) is 12.1 Å². The molecule has 0 radical (unpaired) electrons. The number of rotatable bonds is 4. The van der Waals surface area contributed by atoms with Gasteiger partial charge in [-0.2, -0.15) is 0 Å². The summed E-state index contributed by atoms with van der Waals surface area (Å²) in [6.45, 7) is 8.86. The van der Waals surface area contributed by atoms with Crippen molar-refractivity contribution in [2.45, 2.75) is 33.1 Å². The van der Waals surface area contributed by atoms with Crippen molar-refractivity contribution in [2.75, 3.05) is 11.4 Å². The molecule has 0 aromatic heterocycles. The average Bonchev–Trinajstić information content (AvgIpc) is 2.61. The van der Waals surface area contributed by atoms with E-state index in [-0.39, 0.29) is 16.9 Å². The van der Waals surface area contributed by atoms with Gasteiger partial charge in [-0.1, -0.05) is 32.9 Å². The highest BCUT2D eigenvalue weighted by molar-refractivity contribution is 6.06. The molecule has 0 spiro atoms. The molecule has 5 heteroatoms. The number of nitrogens with one attached hydrogen (secondary N) is 1. The zero-order valence-electron chi connectivity index (χ0n) is 15.0. The van der Waals surface area contributed by atoms with Crippen molar-refractivity contribution in [3.05, 3.63) is 65.2 Å². The van der Waals surface area contributed by atoms with E-state index in [1.165, 1.54) is 12.1 Å². The van der Waals surface area contributed by atoms with Crippen molar-refractivity contribution in [3.63, 3.8) is 0 Å². The molecular weight excluding hydrogens is 316 g/mol. The smallest absolute Gasteiger partial charge is 0.274 e. The van der Waals surface area contributed by atoms with Gasteiger partial charge in [0.25, 0.3) is 11.8 Å². The van der Waals surface area contributed by atoms with Gasteiger partial charge in [0.2, 0.25) is 0 Å². The minimum absolute atomic E-state index is 0.00221. The molecule has 0 bridgehead atoms. The summed E-state index contributed by atoms with van der Waals surface area (Å²) >= 11 is 0. The lowest BCUT2D eigenvalue weighted by atomic mass is 9.87. The molecule has 2 aromatic rings. The first-order valence-corrected chi connectivity index (χ1v) is 8.25. The van der Waals surface area contributed by atoms with Crippen LogP contribution in [-0.2, 0) is 5.41 Å². The van der Waals surface area contributed by atoms with Crippen LogP contribution in [0.2, 0.25) is 0 Å². The molecule has 0 atom stereocenters. The van der Waals surface area contributed by atoms with Crippen LogP contribution in [0, 0.1) is 0 Å². The summed E-state index contributed by atoms with van der Waals surface area (Å²) in [4.78, 5) is 25.9. The van der Waals surface area contributed by atoms with E-state index in [1.54, 1.807) is 22.5 Å². The standard InChI is InChI=1S/C20H24N2O3/c1-5-22(17-8-6-7-16(13-17)20(2,3)4)19(24)15-11-9-14(10-12-15)18(23)21-25/h6-13,25H,5H2,1-4H3,(H,21,23). The molecule has 2 amide bonds. The molecule has 0 saturated heterocycles. The summed E-state index contributed by atoms with van der Waals surface area (Å²) in [5.41, 5.74) is 4.35. The van der Waals surface area contributed by atoms with Gasteiger partial charge in [-0.15, -0.1) is 0 Å². The lowest BCUT2D eigenvalue weighted by Crippen LogP contribution is -2.31. The molecule has 0 fully saturated rings. The van der Waals surface area contributed by atoms with Crippen molar-refractivity contribution < 1.29 is 14.8 Å². The Labute approximate surface area is 148 Å². The molecule has 0 saturated carbocycles. The lowest BCUT2D eigenvalue weighted by Gasteiger charge is -2.25. The molecule has 0 aliphatic heterocycles. The minimum atomic E-state index is -0.607. The number of carbonyl (C=O) groups is 2. The Morgan fingerprint density at radius 1 is 1.04 bits per heavy atom. The van der Waals surface area contributed by atoms with E-state index in [2.05, 4.69) is 26.8 Å². The number of carbonyl (C=O) groups excluding carboxylic acids is 2. The second kappa shape index (κ2) is 7.49. The molecule has 25 heavy (non-hydrogen) atoms. The number of hydrogen-bond donors (Lipinski definition) is 2. The number of amides is 2. The normalized spacial score (nSPS) is 11.1. The van der Waals surface area contributed by atoms with E-state index >= 15 is 0 Å². The first kappa shape index (κ1) is 18.7. The van der Waals surface area contributed by atoms with Crippen LogP contribution >= 0.6 is 0 Å². The summed E-state index contributed by atoms with van der Waals surface area (Å²) in [5.74, 6) is -0.742. The van der Waals surface area contributed by atoms with Crippen LogP contribution in [0.3, 0.4) is 0 Å². The fourth-order valence-electron chi connectivity index (χ4n) is 2.57. The van der Waals surface area contributed by atoms with Gasteiger partial charge < -0.3 is 4.90 Å². The van der Waals surface area contributed by atoms with Gasteiger partial charge in [-0.05, 0) is 54.3 Å². The fraction of sp³-hybridized carbons (Fsp3) is 0.300. The number of benzene rings is 2. The van der Waals surface area contributed by atoms with E-state index in [0.717, 1.165) is 11.3 Å². The number of hydroxylamine groups is 1. The van der Waals surface area contributed by atoms with Gasteiger partial charge in [0, 0.05) is 23.4 Å². The van der Waals surface area contributed by atoms with Crippen molar-refractivity contribution in [1.29, 1.82) is 0 Å². The quantitative estimate of drug-likeness (QED) is 0.657. The first-order valence-electron chi connectivity index (χ1n) is 8.25. The Bertz CT molecular complexity index is 761. The van der Waals surface area contributed by atoms with Crippen LogP contribution in [0.25, 0.3) is 0 Å². The Morgan fingerprint density at radius 3 is 2.16 bits per heavy atom. The Morgan fingerprint density at radius 2 is 1.64 bits per heavy atom. The highest BCUT2D eigenvalue weighted by Gasteiger charge is 2.19. The van der Waals surface area contributed by atoms with Crippen LogP contribution in [0.15, 0.2) is 48.5 Å². The van der Waals surface area contributed by atoms with Crippen LogP contribution in [0.1, 0.15) is 54.0 Å². The monoisotopic (exact) mass is 340 g/mol. The van der Waals surface area contributed by atoms with Crippen LogP contribution in [0.4, 0.5) is 5.69 Å². The molecular formula is C20H24N2O3. The second-order valence-corrected chi connectivity index (χ2v) is 6.87. The van der Waals surface area contributed by atoms with Crippen molar-refractivity contribution in [2.24, 2.45) is 0 Å². The van der Waals surface area contributed by atoms with Crippen LogP contribution in [0.5, 0.6) is 0 Å². The van der Waals surface area contributed by atoms with Gasteiger partial charge in [-0.25, -0.2) is 5.48 Å². The molecule has 5 nitrogen and oxygen atoms in total. The van der Waals surface area contributed by atoms with Crippen molar-refractivity contribution in [3.8, 4) is 0 Å². The third kappa shape index (κ3) is 4.25. The molecule has 0 aliphatic rings. The van der Waals surface area contributed by atoms with Crippen LogP contribution in [-0.4, -0.2) is 23.6 Å². The van der Waals surface area contributed by atoms with E-state index < -0.39 is 5.91 Å². The molecule has 2 aromatic carbocycles. The zero-order chi connectivity index (χ0) is 18.6.